The fourth-order valence-corrected chi connectivity index (χ4v) is 6.56. The quantitative estimate of drug-likeness (QED) is 0.549. The van der Waals surface area contributed by atoms with E-state index in [1.54, 1.807) is 0 Å². The first-order valence-corrected chi connectivity index (χ1v) is 12.0. The molecule has 1 N–H and O–H groups in total. The molecule has 2 bridgehead atoms. The van der Waals surface area contributed by atoms with Crippen LogP contribution in [0.15, 0.2) is 30.3 Å². The number of ether oxygens (including phenoxy) is 2. The van der Waals surface area contributed by atoms with Crippen LogP contribution in [0.3, 0.4) is 0 Å². The summed E-state index contributed by atoms with van der Waals surface area (Å²) < 4.78 is 13.1. The molecule has 0 radical (unpaired) electrons. The molecule has 0 unspecified atom stereocenters. The first kappa shape index (κ1) is 20.9. The van der Waals surface area contributed by atoms with Crippen LogP contribution in [0.4, 0.5) is 0 Å². The lowest BCUT2D eigenvalue weighted by atomic mass is 9.57. The second-order valence-corrected chi connectivity index (χ2v) is 10.2. The highest BCUT2D eigenvalue weighted by molar-refractivity contribution is 5.15. The Morgan fingerprint density at radius 2 is 1.83 bits per heavy atom. The number of benzene rings is 1. The van der Waals surface area contributed by atoms with Gasteiger partial charge in [-0.3, -0.25) is 0 Å². The van der Waals surface area contributed by atoms with E-state index in [0.717, 1.165) is 38.8 Å². The van der Waals surface area contributed by atoms with E-state index in [1.165, 1.54) is 18.4 Å². The van der Waals surface area contributed by atoms with Gasteiger partial charge in [-0.1, -0.05) is 44.2 Å². The lowest BCUT2D eigenvalue weighted by molar-refractivity contribution is -0.571. The highest BCUT2D eigenvalue weighted by Crippen LogP contribution is 2.60. The average Bonchev–Trinajstić information content (AvgIpc) is 2.98. The van der Waals surface area contributed by atoms with Gasteiger partial charge in [-0.25, -0.2) is 9.78 Å². The summed E-state index contributed by atoms with van der Waals surface area (Å²) in [5, 5.41) is 3.61. The molecule has 8 atom stereocenters. The van der Waals surface area contributed by atoms with Crippen molar-refractivity contribution in [3.05, 3.63) is 35.9 Å². The molecule has 6 rings (SSSR count). The van der Waals surface area contributed by atoms with Crippen molar-refractivity contribution >= 4 is 0 Å². The molecule has 5 nitrogen and oxygen atoms in total. The average molecular weight is 416 g/mol. The number of hydrogen-bond acceptors (Lipinski definition) is 5. The number of nitrogens with one attached hydrogen (secondary N) is 1. The minimum absolute atomic E-state index is 0.190. The zero-order valence-corrected chi connectivity index (χ0v) is 18.6. The van der Waals surface area contributed by atoms with Gasteiger partial charge in [-0.2, -0.15) is 0 Å². The van der Waals surface area contributed by atoms with Crippen LogP contribution in [0.5, 0.6) is 0 Å². The van der Waals surface area contributed by atoms with E-state index < -0.39 is 11.4 Å². The molecule has 30 heavy (non-hydrogen) atoms. The van der Waals surface area contributed by atoms with E-state index in [2.05, 4.69) is 49.5 Å². The van der Waals surface area contributed by atoms with Crippen molar-refractivity contribution in [1.82, 2.24) is 5.32 Å². The lowest BCUT2D eigenvalue weighted by Crippen LogP contribution is -2.70. The molecule has 1 aromatic rings. The van der Waals surface area contributed by atoms with Crippen LogP contribution in [-0.4, -0.2) is 36.9 Å². The van der Waals surface area contributed by atoms with Crippen LogP contribution in [-0.2, 0) is 25.7 Å². The highest BCUT2D eigenvalue weighted by atomic mass is 17.3. The van der Waals surface area contributed by atoms with E-state index in [1.807, 2.05) is 6.92 Å². The zero-order valence-electron chi connectivity index (χ0n) is 18.6. The van der Waals surface area contributed by atoms with E-state index in [0.29, 0.717) is 23.7 Å². The fourth-order valence-electron chi connectivity index (χ4n) is 6.56. The largest absolute Gasteiger partial charge is 0.346 e. The van der Waals surface area contributed by atoms with Crippen molar-refractivity contribution in [3.8, 4) is 0 Å². The van der Waals surface area contributed by atoms with Crippen molar-refractivity contribution in [2.24, 2.45) is 23.7 Å². The SMILES string of the molecule is C[C@H]1[C@@H](CCNCCc2ccccc2)O[C@@H]2O[C@]3(C)CC[C@H]4[C@H](C)CC[C@@H]1[C@@]24OO3. The van der Waals surface area contributed by atoms with Crippen LogP contribution in [0.1, 0.15) is 58.4 Å². The Hall–Kier alpha value is -0.980. The Labute approximate surface area is 180 Å². The van der Waals surface area contributed by atoms with Gasteiger partial charge in [0.15, 0.2) is 11.9 Å². The Kier molecular flexibility index (Phi) is 5.70. The Morgan fingerprint density at radius 1 is 1.00 bits per heavy atom. The molecule has 4 heterocycles. The van der Waals surface area contributed by atoms with Gasteiger partial charge in [0.2, 0.25) is 5.79 Å². The van der Waals surface area contributed by atoms with Crippen molar-refractivity contribution in [2.45, 2.75) is 83.1 Å². The van der Waals surface area contributed by atoms with Gasteiger partial charge in [-0.05, 0) is 75.4 Å². The second-order valence-electron chi connectivity index (χ2n) is 10.2. The molecule has 1 aromatic carbocycles. The maximum Gasteiger partial charge on any atom is 0.201 e. The third-order valence-electron chi connectivity index (χ3n) is 8.33. The molecule has 4 aliphatic heterocycles. The summed E-state index contributed by atoms with van der Waals surface area (Å²) in [6.45, 7) is 8.66. The van der Waals surface area contributed by atoms with E-state index in [-0.39, 0.29) is 12.4 Å². The van der Waals surface area contributed by atoms with Crippen LogP contribution in [0.25, 0.3) is 0 Å². The number of hydrogen-bond donors (Lipinski definition) is 1. The number of fused-ring (bicyclic) bond motifs is 2. The topological polar surface area (TPSA) is 49.0 Å². The zero-order chi connectivity index (χ0) is 20.8. The van der Waals surface area contributed by atoms with Crippen molar-refractivity contribution in [3.63, 3.8) is 0 Å². The first-order valence-electron chi connectivity index (χ1n) is 12.0. The molecule has 5 fully saturated rings. The van der Waals surface area contributed by atoms with Crippen molar-refractivity contribution in [2.75, 3.05) is 13.1 Å². The van der Waals surface area contributed by atoms with Crippen LogP contribution >= 0.6 is 0 Å². The molecule has 5 heteroatoms. The summed E-state index contributed by atoms with van der Waals surface area (Å²) in [6, 6.07) is 10.7. The normalized spacial score (nSPS) is 45.0. The third kappa shape index (κ3) is 3.53. The van der Waals surface area contributed by atoms with Gasteiger partial charge >= 0.3 is 0 Å². The smallest absolute Gasteiger partial charge is 0.201 e. The van der Waals surface area contributed by atoms with Gasteiger partial charge in [0.05, 0.1) is 6.10 Å². The lowest BCUT2D eigenvalue weighted by Gasteiger charge is -2.60. The maximum atomic E-state index is 6.65. The molecule has 0 amide bonds. The Bertz CT molecular complexity index is 729. The Morgan fingerprint density at radius 3 is 2.67 bits per heavy atom. The van der Waals surface area contributed by atoms with Gasteiger partial charge in [0.25, 0.3) is 0 Å². The fraction of sp³-hybridized carbons (Fsp3) is 0.760. The summed E-state index contributed by atoms with van der Waals surface area (Å²) in [5.74, 6) is 1.23. The summed E-state index contributed by atoms with van der Waals surface area (Å²) in [5.41, 5.74) is 0.939. The van der Waals surface area contributed by atoms with Gasteiger partial charge in [0, 0.05) is 12.3 Å². The predicted molar refractivity (Wildman–Crippen MR) is 114 cm³/mol. The Balaban J connectivity index is 1.24. The molecule has 0 aromatic heterocycles. The van der Waals surface area contributed by atoms with Gasteiger partial charge in [0.1, 0.15) is 0 Å². The summed E-state index contributed by atoms with van der Waals surface area (Å²) in [7, 11) is 0. The van der Waals surface area contributed by atoms with Crippen LogP contribution in [0, 0.1) is 23.7 Å². The molecule has 5 aliphatic rings. The monoisotopic (exact) mass is 415 g/mol. The molecular formula is C25H37NO4. The van der Waals surface area contributed by atoms with E-state index in [9.17, 15) is 0 Å². The molecule has 1 spiro atoms. The third-order valence-corrected chi connectivity index (χ3v) is 8.33. The molecular weight excluding hydrogens is 378 g/mol. The molecule has 1 saturated carbocycles. The molecule has 4 saturated heterocycles. The van der Waals surface area contributed by atoms with Gasteiger partial charge in [-0.15, -0.1) is 0 Å². The summed E-state index contributed by atoms with van der Waals surface area (Å²) in [6.07, 6.45) is 6.32. The molecule has 1 aliphatic carbocycles. The van der Waals surface area contributed by atoms with E-state index >= 15 is 0 Å². The first-order chi connectivity index (χ1) is 14.5. The van der Waals surface area contributed by atoms with E-state index in [4.69, 9.17) is 19.2 Å². The van der Waals surface area contributed by atoms with Gasteiger partial charge < -0.3 is 14.8 Å². The van der Waals surface area contributed by atoms with Crippen molar-refractivity contribution < 1.29 is 19.2 Å². The van der Waals surface area contributed by atoms with Crippen molar-refractivity contribution in [1.29, 1.82) is 0 Å². The second kappa shape index (κ2) is 8.18. The highest BCUT2D eigenvalue weighted by Gasteiger charge is 2.69. The minimum Gasteiger partial charge on any atom is -0.346 e. The standard InChI is InChI=1S/C25H37NO4/c1-17-9-10-21-18(2)22(13-16-26-15-12-19-7-5-4-6-8-19)27-23-25(21)20(17)11-14-24(3,28-23)29-30-25/h4-8,17-18,20-23,26H,9-16H2,1-3H3/t17-,18-,20+,21+,22-,23-,24+,25-/m1/s1. The molecule has 166 valence electrons. The van der Waals surface area contributed by atoms with Crippen LogP contribution in [0.2, 0.25) is 0 Å². The maximum absolute atomic E-state index is 6.65. The minimum atomic E-state index is -0.684. The predicted octanol–water partition coefficient (Wildman–Crippen LogP) is 4.46. The number of rotatable bonds is 6. The summed E-state index contributed by atoms with van der Waals surface area (Å²) >= 11 is 0. The summed E-state index contributed by atoms with van der Waals surface area (Å²) in [4.78, 5) is 12.1. The van der Waals surface area contributed by atoms with Crippen LogP contribution < -0.4 is 5.32 Å².